The zero-order valence-electron chi connectivity index (χ0n) is 23.5. The second-order valence-electron chi connectivity index (χ2n) is 10.8. The molecule has 0 spiro atoms. The van der Waals surface area contributed by atoms with E-state index in [0.29, 0.717) is 48.1 Å². The van der Waals surface area contributed by atoms with E-state index in [2.05, 4.69) is 25.4 Å². The number of carbonyl (C=O) groups excluding carboxylic acids is 1. The smallest absolute Gasteiger partial charge is 0.354 e. The van der Waals surface area contributed by atoms with Crippen molar-refractivity contribution >= 4 is 45.0 Å². The summed E-state index contributed by atoms with van der Waals surface area (Å²) >= 11 is 7.03. The number of piperazine rings is 1. The molecule has 212 valence electrons. The molecule has 0 saturated carbocycles. The predicted molar refractivity (Wildman–Crippen MR) is 170 cm³/mol. The molecule has 0 bridgehead atoms. The Morgan fingerprint density at radius 3 is 2.40 bits per heavy atom. The number of aromatic nitrogens is 2. The van der Waals surface area contributed by atoms with Gasteiger partial charge in [-0.2, -0.15) is 4.98 Å². The number of fused-ring (bicyclic) bond motifs is 2. The van der Waals surface area contributed by atoms with E-state index in [9.17, 15) is 14.7 Å². The van der Waals surface area contributed by atoms with Crippen LogP contribution < -0.4 is 10.6 Å². The van der Waals surface area contributed by atoms with Gasteiger partial charge in [-0.3, -0.25) is 9.36 Å². The summed E-state index contributed by atoms with van der Waals surface area (Å²) in [5.74, 6) is 0.720. The first-order valence-corrected chi connectivity index (χ1v) is 14.4. The van der Waals surface area contributed by atoms with Gasteiger partial charge in [0.05, 0.1) is 11.2 Å². The summed E-state index contributed by atoms with van der Waals surface area (Å²) in [5.41, 5.74) is 3.51. The van der Waals surface area contributed by atoms with E-state index in [1.807, 2.05) is 65.6 Å². The molecule has 0 unspecified atom stereocenters. The molecule has 0 radical (unpaired) electrons. The third-order valence-electron chi connectivity index (χ3n) is 7.96. The summed E-state index contributed by atoms with van der Waals surface area (Å²) < 4.78 is 1.66. The van der Waals surface area contributed by atoms with Crippen LogP contribution in [-0.2, 0) is 4.79 Å². The van der Waals surface area contributed by atoms with Gasteiger partial charge in [0.1, 0.15) is 11.6 Å². The lowest BCUT2D eigenvalue weighted by Crippen LogP contribution is -2.49. The van der Waals surface area contributed by atoms with Gasteiger partial charge in [-0.05, 0) is 64.2 Å². The Bertz CT molecular complexity index is 1920. The summed E-state index contributed by atoms with van der Waals surface area (Å²) in [4.78, 5) is 34.5. The number of nitrogens with zero attached hydrogens (tertiary/aromatic N) is 4. The summed E-state index contributed by atoms with van der Waals surface area (Å²) in [6, 6.07) is 22.9. The zero-order valence-corrected chi connectivity index (χ0v) is 24.3. The molecule has 5 aromatic rings. The van der Waals surface area contributed by atoms with Gasteiger partial charge in [0.25, 0.3) is 0 Å². The molecule has 1 aromatic heterocycles. The summed E-state index contributed by atoms with van der Waals surface area (Å²) in [6.07, 6.45) is 1.32. The van der Waals surface area contributed by atoms with Gasteiger partial charge in [0, 0.05) is 42.2 Å². The first-order valence-electron chi connectivity index (χ1n) is 14.0. The van der Waals surface area contributed by atoms with Crippen LogP contribution in [0.4, 0.5) is 5.82 Å². The Kier molecular flexibility index (Phi) is 7.21. The van der Waals surface area contributed by atoms with Crippen LogP contribution in [0.2, 0.25) is 5.02 Å². The number of hydrogen-bond donors (Lipinski definition) is 1. The van der Waals surface area contributed by atoms with Crippen molar-refractivity contribution in [2.24, 2.45) is 0 Å². The lowest BCUT2D eigenvalue weighted by molar-refractivity contribution is -0.126. The number of amides is 1. The van der Waals surface area contributed by atoms with Gasteiger partial charge in [-0.1, -0.05) is 74.5 Å². The van der Waals surface area contributed by atoms with Crippen LogP contribution in [0.5, 0.6) is 5.75 Å². The van der Waals surface area contributed by atoms with E-state index in [4.69, 9.17) is 11.6 Å². The zero-order chi connectivity index (χ0) is 29.5. The maximum atomic E-state index is 14.0. The van der Waals surface area contributed by atoms with Crippen LogP contribution in [0, 0.1) is 0 Å². The first kappa shape index (κ1) is 27.5. The minimum absolute atomic E-state index is 0.112. The lowest BCUT2D eigenvalue weighted by atomic mass is 9.96. The third kappa shape index (κ3) is 4.80. The molecule has 1 saturated heterocycles. The van der Waals surface area contributed by atoms with Gasteiger partial charge in [-0.25, -0.2) is 4.79 Å². The number of halogens is 1. The van der Waals surface area contributed by atoms with Gasteiger partial charge in [0.15, 0.2) is 0 Å². The maximum Gasteiger partial charge on any atom is 0.354 e. The number of rotatable bonds is 5. The number of anilines is 1. The Morgan fingerprint density at radius 2 is 1.67 bits per heavy atom. The third-order valence-corrected chi connectivity index (χ3v) is 8.27. The second-order valence-corrected chi connectivity index (χ2v) is 11.3. The summed E-state index contributed by atoms with van der Waals surface area (Å²) in [6.45, 7) is 9.82. The van der Waals surface area contributed by atoms with Crippen LogP contribution >= 0.6 is 11.6 Å². The minimum Gasteiger partial charge on any atom is -0.508 e. The van der Waals surface area contributed by atoms with E-state index in [-0.39, 0.29) is 17.6 Å². The van der Waals surface area contributed by atoms with Crippen molar-refractivity contribution in [3.8, 4) is 22.6 Å². The highest BCUT2D eigenvalue weighted by atomic mass is 35.5. The number of carbonyl (C=O) groups is 1. The van der Waals surface area contributed by atoms with Gasteiger partial charge >= 0.3 is 5.69 Å². The van der Waals surface area contributed by atoms with Crippen LogP contribution in [-0.4, -0.2) is 51.6 Å². The average Bonchev–Trinajstić information content (AvgIpc) is 3.00. The molecule has 8 heteroatoms. The number of para-hydroxylation sites is 1. The quantitative estimate of drug-likeness (QED) is 0.240. The minimum atomic E-state index is -0.399. The standard InChI is InChI=1S/C34H31ClN4O3/c1-4-32(41)37-13-15-38(16-14-37)33-28-19-29(35)27(26-18-23(40)17-22-9-5-6-11-25(22)26)20-31(28)39(34(42)36-33)30-12-8-7-10-24(30)21(2)3/h4-12,17-21,40H,1,13-16H2,2-3H3. The maximum absolute atomic E-state index is 14.0. The number of hydrogen-bond acceptors (Lipinski definition) is 5. The fourth-order valence-electron chi connectivity index (χ4n) is 5.87. The van der Waals surface area contributed by atoms with Crippen molar-refractivity contribution in [1.29, 1.82) is 0 Å². The molecule has 1 aliphatic heterocycles. The Balaban J connectivity index is 1.63. The highest BCUT2D eigenvalue weighted by Crippen LogP contribution is 2.40. The molecule has 1 aliphatic rings. The van der Waals surface area contributed by atoms with Crippen LogP contribution in [0.25, 0.3) is 38.5 Å². The van der Waals surface area contributed by atoms with E-state index < -0.39 is 5.69 Å². The van der Waals surface area contributed by atoms with Gasteiger partial charge in [0.2, 0.25) is 5.91 Å². The molecule has 1 amide bonds. The fraction of sp³-hybridized carbons (Fsp3) is 0.206. The highest BCUT2D eigenvalue weighted by molar-refractivity contribution is 6.35. The number of benzene rings is 4. The normalized spacial score (nSPS) is 13.7. The molecule has 1 fully saturated rings. The van der Waals surface area contributed by atoms with Crippen LogP contribution in [0.15, 0.2) is 90.2 Å². The van der Waals surface area contributed by atoms with Crippen molar-refractivity contribution < 1.29 is 9.90 Å². The molecule has 1 N–H and O–H groups in total. The fourth-order valence-corrected chi connectivity index (χ4v) is 6.14. The molecule has 42 heavy (non-hydrogen) atoms. The number of phenols is 1. The molecule has 4 aromatic carbocycles. The molecular weight excluding hydrogens is 548 g/mol. The Labute approximate surface area is 248 Å². The van der Waals surface area contributed by atoms with Crippen LogP contribution in [0.1, 0.15) is 25.3 Å². The van der Waals surface area contributed by atoms with Crippen LogP contribution in [0.3, 0.4) is 0 Å². The second kappa shape index (κ2) is 11.0. The highest BCUT2D eigenvalue weighted by Gasteiger charge is 2.25. The molecule has 0 atom stereocenters. The van der Waals surface area contributed by atoms with Crippen molar-refractivity contribution in [3.05, 3.63) is 107 Å². The molecule has 0 aliphatic carbocycles. The van der Waals surface area contributed by atoms with E-state index in [1.165, 1.54) is 6.08 Å². The van der Waals surface area contributed by atoms with Gasteiger partial charge < -0.3 is 14.9 Å². The number of aromatic hydroxyl groups is 1. The molecule has 7 nitrogen and oxygen atoms in total. The number of phenolic OH excluding ortho intramolecular Hbond substituents is 1. The monoisotopic (exact) mass is 578 g/mol. The van der Waals surface area contributed by atoms with Crippen molar-refractivity contribution in [2.75, 3.05) is 31.1 Å². The molecular formula is C34H31ClN4O3. The van der Waals surface area contributed by atoms with E-state index >= 15 is 0 Å². The van der Waals surface area contributed by atoms with Crippen molar-refractivity contribution in [3.63, 3.8) is 0 Å². The summed E-state index contributed by atoms with van der Waals surface area (Å²) in [5, 5.41) is 13.6. The van der Waals surface area contributed by atoms with Crippen molar-refractivity contribution in [2.45, 2.75) is 19.8 Å². The molecule has 6 rings (SSSR count). The first-order chi connectivity index (χ1) is 20.3. The van der Waals surface area contributed by atoms with E-state index in [1.54, 1.807) is 21.6 Å². The largest absolute Gasteiger partial charge is 0.508 e. The predicted octanol–water partition coefficient (Wildman–Crippen LogP) is 6.52. The Morgan fingerprint density at radius 1 is 0.952 bits per heavy atom. The Hall–Kier alpha value is -4.62. The van der Waals surface area contributed by atoms with E-state index in [0.717, 1.165) is 33.0 Å². The lowest BCUT2D eigenvalue weighted by Gasteiger charge is -2.35. The summed E-state index contributed by atoms with van der Waals surface area (Å²) in [7, 11) is 0. The average molecular weight is 579 g/mol. The van der Waals surface area contributed by atoms with Crippen molar-refractivity contribution in [1.82, 2.24) is 14.5 Å². The molecule has 2 heterocycles. The van der Waals surface area contributed by atoms with Gasteiger partial charge in [-0.15, -0.1) is 0 Å². The topological polar surface area (TPSA) is 78.7 Å². The SMILES string of the molecule is C=CC(=O)N1CCN(c2nc(=O)n(-c3ccccc3C(C)C)c3cc(-c4cc(O)cc5ccccc45)c(Cl)cc23)CC1.